The fourth-order valence-electron chi connectivity index (χ4n) is 4.10. The highest BCUT2D eigenvalue weighted by Crippen LogP contribution is 2.42. The maximum atomic E-state index is 5.50. The van der Waals surface area contributed by atoms with Gasteiger partial charge in [-0.05, 0) is 54.3 Å². The van der Waals surface area contributed by atoms with Crippen molar-refractivity contribution in [3.63, 3.8) is 0 Å². The Bertz CT molecular complexity index is 827. The Morgan fingerprint density at radius 1 is 0.962 bits per heavy atom. The van der Waals surface area contributed by atoms with Gasteiger partial charge in [0.05, 0.1) is 14.2 Å². The molecule has 0 radical (unpaired) electrons. The minimum absolute atomic E-state index is 0.893. The molecule has 0 saturated carbocycles. The summed E-state index contributed by atoms with van der Waals surface area (Å²) in [5.74, 6) is 1.82. The molecule has 0 N–H and O–H groups in total. The summed E-state index contributed by atoms with van der Waals surface area (Å²) in [6.45, 7) is 3.00. The molecule has 0 aromatic heterocycles. The van der Waals surface area contributed by atoms with Crippen LogP contribution in [0.2, 0.25) is 0 Å². The SMILES string of the molecule is COc1ccc(CN2CC3=C(c4cc(OC)ccc42)N(C)CCC3)cc1. The topological polar surface area (TPSA) is 24.9 Å². The third-order valence-corrected chi connectivity index (χ3v) is 5.40. The first-order valence-electron chi connectivity index (χ1n) is 9.19. The summed E-state index contributed by atoms with van der Waals surface area (Å²) in [5, 5.41) is 0. The van der Waals surface area contributed by atoms with E-state index in [0.717, 1.165) is 31.1 Å². The van der Waals surface area contributed by atoms with Crippen LogP contribution in [0.25, 0.3) is 5.70 Å². The first kappa shape index (κ1) is 16.8. The molecule has 2 aromatic carbocycles. The van der Waals surface area contributed by atoms with Gasteiger partial charge in [0.2, 0.25) is 0 Å². The molecule has 0 fully saturated rings. The van der Waals surface area contributed by atoms with Crippen molar-refractivity contribution in [2.75, 3.05) is 39.3 Å². The van der Waals surface area contributed by atoms with E-state index in [1.54, 1.807) is 14.2 Å². The molecular weight excluding hydrogens is 324 g/mol. The Balaban J connectivity index is 1.71. The van der Waals surface area contributed by atoms with Crippen LogP contribution in [0.4, 0.5) is 5.69 Å². The summed E-state index contributed by atoms with van der Waals surface area (Å²) >= 11 is 0. The van der Waals surface area contributed by atoms with Crippen molar-refractivity contribution in [2.45, 2.75) is 19.4 Å². The molecule has 0 saturated heterocycles. The summed E-state index contributed by atoms with van der Waals surface area (Å²) in [6, 6.07) is 14.8. The maximum absolute atomic E-state index is 5.50. The monoisotopic (exact) mass is 350 g/mol. The van der Waals surface area contributed by atoms with E-state index in [9.17, 15) is 0 Å². The van der Waals surface area contributed by atoms with E-state index in [1.807, 2.05) is 12.1 Å². The average molecular weight is 350 g/mol. The smallest absolute Gasteiger partial charge is 0.119 e. The molecule has 0 spiro atoms. The predicted octanol–water partition coefficient (Wildman–Crippen LogP) is 4.16. The summed E-state index contributed by atoms with van der Waals surface area (Å²) in [6.07, 6.45) is 2.40. The van der Waals surface area contributed by atoms with Crippen LogP contribution in [0, 0.1) is 0 Å². The Labute approximate surface area is 155 Å². The summed E-state index contributed by atoms with van der Waals surface area (Å²) < 4.78 is 10.8. The molecule has 0 aliphatic carbocycles. The van der Waals surface area contributed by atoms with Crippen molar-refractivity contribution in [2.24, 2.45) is 0 Å². The molecule has 0 atom stereocenters. The van der Waals surface area contributed by atoms with E-state index in [0.29, 0.717) is 0 Å². The lowest BCUT2D eigenvalue weighted by Crippen LogP contribution is -2.35. The van der Waals surface area contributed by atoms with Gasteiger partial charge in [0.15, 0.2) is 0 Å². The van der Waals surface area contributed by atoms with Gasteiger partial charge in [0.25, 0.3) is 0 Å². The predicted molar refractivity (Wildman–Crippen MR) is 106 cm³/mol. The third-order valence-electron chi connectivity index (χ3n) is 5.40. The lowest BCUT2D eigenvalue weighted by molar-refractivity contribution is 0.412. The van der Waals surface area contributed by atoms with Crippen molar-refractivity contribution in [1.29, 1.82) is 0 Å². The number of benzene rings is 2. The molecule has 0 unspecified atom stereocenters. The number of anilines is 1. The van der Waals surface area contributed by atoms with E-state index < -0.39 is 0 Å². The number of methoxy groups -OCH3 is 2. The van der Waals surface area contributed by atoms with Crippen molar-refractivity contribution >= 4 is 11.4 Å². The number of hydrogen-bond donors (Lipinski definition) is 0. The minimum atomic E-state index is 0.893. The van der Waals surface area contributed by atoms with E-state index in [1.165, 1.54) is 40.9 Å². The van der Waals surface area contributed by atoms with Gasteiger partial charge in [-0.1, -0.05) is 12.1 Å². The van der Waals surface area contributed by atoms with Crippen molar-refractivity contribution in [3.05, 3.63) is 59.2 Å². The van der Waals surface area contributed by atoms with Gasteiger partial charge in [-0.2, -0.15) is 0 Å². The molecule has 26 heavy (non-hydrogen) atoms. The second kappa shape index (κ2) is 6.94. The maximum Gasteiger partial charge on any atom is 0.119 e. The number of nitrogens with zero attached hydrogens (tertiary/aromatic N) is 2. The lowest BCUT2D eigenvalue weighted by Gasteiger charge is -2.40. The normalized spacial score (nSPS) is 16.3. The highest BCUT2D eigenvalue weighted by atomic mass is 16.5. The van der Waals surface area contributed by atoms with Crippen LogP contribution in [-0.4, -0.2) is 39.3 Å². The largest absolute Gasteiger partial charge is 0.497 e. The Kier molecular flexibility index (Phi) is 4.49. The summed E-state index contributed by atoms with van der Waals surface area (Å²) in [7, 11) is 5.65. The molecule has 4 heteroatoms. The van der Waals surface area contributed by atoms with Gasteiger partial charge in [-0.15, -0.1) is 0 Å². The fraction of sp³-hybridized carbons (Fsp3) is 0.364. The van der Waals surface area contributed by atoms with Crippen molar-refractivity contribution in [1.82, 2.24) is 4.90 Å². The molecule has 4 nitrogen and oxygen atoms in total. The molecule has 0 bridgehead atoms. The van der Waals surface area contributed by atoms with Gasteiger partial charge in [-0.25, -0.2) is 0 Å². The molecule has 2 aliphatic rings. The van der Waals surface area contributed by atoms with Crippen LogP contribution in [0.1, 0.15) is 24.0 Å². The molecule has 2 aliphatic heterocycles. The molecular formula is C22H26N2O2. The van der Waals surface area contributed by atoms with Gasteiger partial charge in [0.1, 0.15) is 11.5 Å². The molecule has 4 rings (SSSR count). The molecule has 136 valence electrons. The van der Waals surface area contributed by atoms with Gasteiger partial charge in [0, 0.05) is 43.6 Å². The quantitative estimate of drug-likeness (QED) is 0.827. The van der Waals surface area contributed by atoms with Gasteiger partial charge in [-0.3, -0.25) is 0 Å². The zero-order valence-electron chi connectivity index (χ0n) is 15.8. The Morgan fingerprint density at radius 3 is 2.42 bits per heavy atom. The van der Waals surface area contributed by atoms with Crippen LogP contribution in [0.3, 0.4) is 0 Å². The van der Waals surface area contributed by atoms with Crippen molar-refractivity contribution in [3.8, 4) is 11.5 Å². The fourth-order valence-corrected chi connectivity index (χ4v) is 4.10. The summed E-state index contributed by atoms with van der Waals surface area (Å²) in [5.41, 5.74) is 6.81. The zero-order valence-corrected chi connectivity index (χ0v) is 15.8. The van der Waals surface area contributed by atoms with Gasteiger partial charge >= 0.3 is 0 Å². The van der Waals surface area contributed by atoms with E-state index in [-0.39, 0.29) is 0 Å². The highest BCUT2D eigenvalue weighted by Gasteiger charge is 2.29. The number of ether oxygens (including phenoxy) is 2. The molecule has 0 amide bonds. The van der Waals surface area contributed by atoms with Crippen molar-refractivity contribution < 1.29 is 9.47 Å². The van der Waals surface area contributed by atoms with Gasteiger partial charge < -0.3 is 19.3 Å². The van der Waals surface area contributed by atoms with Crippen LogP contribution < -0.4 is 14.4 Å². The van der Waals surface area contributed by atoms with E-state index in [2.05, 4.69) is 47.2 Å². The number of hydrogen-bond acceptors (Lipinski definition) is 4. The van der Waals surface area contributed by atoms with Crippen LogP contribution in [0.15, 0.2) is 48.0 Å². The molecule has 2 aromatic rings. The number of rotatable bonds is 4. The minimum Gasteiger partial charge on any atom is -0.497 e. The van der Waals surface area contributed by atoms with Crippen LogP contribution in [-0.2, 0) is 6.54 Å². The van der Waals surface area contributed by atoms with Crippen LogP contribution in [0.5, 0.6) is 11.5 Å². The number of fused-ring (bicyclic) bond motifs is 2. The first-order valence-corrected chi connectivity index (χ1v) is 9.19. The highest BCUT2D eigenvalue weighted by molar-refractivity contribution is 5.83. The second-order valence-electron chi connectivity index (χ2n) is 7.06. The Hall–Kier alpha value is -2.62. The Morgan fingerprint density at radius 2 is 1.69 bits per heavy atom. The average Bonchev–Trinajstić information content (AvgIpc) is 2.68. The summed E-state index contributed by atoms with van der Waals surface area (Å²) in [4.78, 5) is 4.89. The van der Waals surface area contributed by atoms with E-state index >= 15 is 0 Å². The third kappa shape index (κ3) is 3.00. The standard InChI is InChI=1S/C22H26N2O2/c1-23-12-4-5-17-15-24(14-16-6-8-18(25-2)9-7-16)21-11-10-19(26-3)13-20(21)22(17)23/h6-11,13H,4-5,12,14-15H2,1-3H3. The van der Waals surface area contributed by atoms with Crippen LogP contribution >= 0.6 is 0 Å². The zero-order chi connectivity index (χ0) is 18.1. The lowest BCUT2D eigenvalue weighted by atomic mass is 9.91. The second-order valence-corrected chi connectivity index (χ2v) is 7.06. The molecule has 2 heterocycles. The van der Waals surface area contributed by atoms with E-state index in [4.69, 9.17) is 9.47 Å². The first-order chi connectivity index (χ1) is 12.7.